The second-order valence-corrected chi connectivity index (χ2v) is 15.8. The Morgan fingerprint density at radius 1 is 0.840 bits per heavy atom. The van der Waals surface area contributed by atoms with Gasteiger partial charge in [0.2, 0.25) is 0 Å². The van der Waals surface area contributed by atoms with Gasteiger partial charge in [-0.2, -0.15) is 53.1 Å². The molecule has 0 aromatic heterocycles. The van der Waals surface area contributed by atoms with Crippen molar-refractivity contribution in [3.8, 4) is 11.1 Å². The van der Waals surface area contributed by atoms with Crippen molar-refractivity contribution in [3.63, 3.8) is 0 Å². The minimum absolute atomic E-state index is 0. The van der Waals surface area contributed by atoms with Crippen LogP contribution in [0, 0.1) is 44.2 Å². The number of hydrogen-bond acceptors (Lipinski definition) is 0. The second-order valence-electron chi connectivity index (χ2n) is 15.8. The van der Waals surface area contributed by atoms with Crippen molar-refractivity contribution in [2.45, 2.75) is 106 Å². The van der Waals surface area contributed by atoms with E-state index >= 15 is 0 Å². The van der Waals surface area contributed by atoms with Crippen LogP contribution < -0.4 is 0 Å². The van der Waals surface area contributed by atoms with Crippen LogP contribution in [0.25, 0.3) is 22.3 Å². The molecule has 0 saturated carbocycles. The third-order valence-corrected chi connectivity index (χ3v) is 10.1. The van der Waals surface area contributed by atoms with Crippen molar-refractivity contribution in [2.24, 2.45) is 11.3 Å². The number of aryl methyl sites for hydroxylation is 1. The number of halogens is 2. The normalized spacial score (nSPS) is 17.6. The Bertz CT molecular complexity index is 1640. The van der Waals surface area contributed by atoms with E-state index in [9.17, 15) is 0 Å². The molecular formula is C47H60Cl2Zr-4. The van der Waals surface area contributed by atoms with E-state index in [1.165, 1.54) is 97.4 Å². The molecule has 3 heteroatoms. The zero-order chi connectivity index (χ0) is 34.7. The predicted molar refractivity (Wildman–Crippen MR) is 224 cm³/mol. The standard InChI is InChI=1S/C27H29.C11H17.C7H7.CH3.CH2.2ClH.Zr/c1-16-7-9-26(3,4)24-12-18-11-19-13-25-21(17(2)8-10-27(25,5)6)15-23(19)22(18)14-20(16)24;1-5-9-6-7-10(8-9)11(2,3)4;1-7-5-3-2-4-6-7;;;;;/h7-9,12-15H,10-11H2,1-6H3;7-9H,5H2,1-4H3;3-6H,1H3;1H3;1H2;2*1H;/q4*-1;;;;. The maximum absolute atomic E-state index is 3.35. The SMILES string of the molecule is CC1=C[CH-]C(C)(C)c2cc3c(cc21)-c1cc2c(cc1C3)C(C)(C)CC=C2C.CCC1[C-]=CC(C(C)(C)C)=C1.Cc1cc[c-]cc1.Cl.Cl.[CH2]=[Zr].[CH3-]. The number of fused-ring (bicyclic) bond motifs is 5. The molecule has 0 N–H and O–H groups in total. The summed E-state index contributed by atoms with van der Waals surface area (Å²) in [7, 11) is 0. The van der Waals surface area contributed by atoms with E-state index in [0.717, 1.165) is 12.8 Å². The molecule has 3 aromatic rings. The Balaban J connectivity index is 0.000000453. The van der Waals surface area contributed by atoms with Crippen LogP contribution in [0.1, 0.15) is 121 Å². The summed E-state index contributed by atoms with van der Waals surface area (Å²) < 4.78 is 3.34. The maximum atomic E-state index is 3.35. The van der Waals surface area contributed by atoms with Gasteiger partial charge < -0.3 is 7.43 Å². The van der Waals surface area contributed by atoms with E-state index in [-0.39, 0.29) is 43.1 Å². The van der Waals surface area contributed by atoms with Crippen LogP contribution in [0.2, 0.25) is 0 Å². The zero-order valence-corrected chi connectivity index (χ0v) is 36.8. The Hall–Kier alpha value is -2.18. The quantitative estimate of drug-likeness (QED) is 0.169. The molecule has 270 valence electrons. The number of hydrogen-bond donors (Lipinski definition) is 0. The zero-order valence-electron chi connectivity index (χ0n) is 32.7. The molecule has 0 heterocycles. The second kappa shape index (κ2) is 18.5. The van der Waals surface area contributed by atoms with Crippen LogP contribution in [0.5, 0.6) is 0 Å². The van der Waals surface area contributed by atoms with Gasteiger partial charge in [0.1, 0.15) is 0 Å². The van der Waals surface area contributed by atoms with Gasteiger partial charge in [-0.05, 0) is 70.2 Å². The topological polar surface area (TPSA) is 0 Å². The average molecular weight is 787 g/mol. The summed E-state index contributed by atoms with van der Waals surface area (Å²) in [5.74, 6) is 0.573. The van der Waals surface area contributed by atoms with Gasteiger partial charge >= 0.3 is 28.4 Å². The summed E-state index contributed by atoms with van der Waals surface area (Å²) in [5.41, 5.74) is 18.0. The van der Waals surface area contributed by atoms with Gasteiger partial charge in [-0.25, -0.2) is 18.6 Å². The largest absolute Gasteiger partial charge is 0.358 e. The van der Waals surface area contributed by atoms with E-state index < -0.39 is 0 Å². The smallest absolute Gasteiger partial charge is 0.358 e. The molecule has 50 heavy (non-hydrogen) atoms. The number of rotatable bonds is 1. The molecule has 3 aromatic carbocycles. The fourth-order valence-electron chi connectivity index (χ4n) is 6.86. The van der Waals surface area contributed by atoms with Crippen LogP contribution in [-0.2, 0) is 41.5 Å². The Morgan fingerprint density at radius 3 is 1.84 bits per heavy atom. The Morgan fingerprint density at radius 2 is 1.38 bits per heavy atom. The molecule has 1 atom stereocenters. The summed E-state index contributed by atoms with van der Waals surface area (Å²) in [6, 6.07) is 20.8. The van der Waals surface area contributed by atoms with Gasteiger partial charge in [0.25, 0.3) is 0 Å². The van der Waals surface area contributed by atoms with Crippen molar-refractivity contribution < 1.29 is 24.2 Å². The monoisotopic (exact) mass is 784 g/mol. The van der Waals surface area contributed by atoms with Crippen LogP contribution in [0.3, 0.4) is 0 Å². The van der Waals surface area contributed by atoms with Crippen molar-refractivity contribution in [3.05, 3.63) is 143 Å². The predicted octanol–water partition coefficient (Wildman–Crippen LogP) is 13.7. The van der Waals surface area contributed by atoms with Gasteiger partial charge in [-0.1, -0.05) is 115 Å². The molecule has 0 bridgehead atoms. The third-order valence-electron chi connectivity index (χ3n) is 10.1. The molecule has 4 aliphatic carbocycles. The van der Waals surface area contributed by atoms with Gasteiger partial charge in [0.05, 0.1) is 0 Å². The van der Waals surface area contributed by atoms with Crippen LogP contribution in [-0.4, -0.2) is 4.21 Å². The van der Waals surface area contributed by atoms with Gasteiger partial charge in [-0.15, -0.1) is 37.3 Å². The van der Waals surface area contributed by atoms with Crippen LogP contribution in [0.4, 0.5) is 0 Å². The number of benzene rings is 3. The first-order valence-electron chi connectivity index (χ1n) is 17.3. The molecule has 1 unspecified atom stereocenters. The summed E-state index contributed by atoms with van der Waals surface area (Å²) in [5, 5.41) is 0. The Kier molecular flexibility index (Phi) is 17.0. The third kappa shape index (κ3) is 10.2. The van der Waals surface area contributed by atoms with Gasteiger partial charge in [0.15, 0.2) is 0 Å². The molecule has 0 aliphatic heterocycles. The van der Waals surface area contributed by atoms with E-state index in [0.29, 0.717) is 11.3 Å². The van der Waals surface area contributed by atoms with E-state index in [1.807, 2.05) is 24.3 Å². The van der Waals surface area contributed by atoms with Crippen LogP contribution >= 0.6 is 24.8 Å². The van der Waals surface area contributed by atoms with E-state index in [1.54, 1.807) is 0 Å². The molecule has 0 spiro atoms. The minimum Gasteiger partial charge on any atom is -0.358 e. The molecule has 0 saturated heterocycles. The summed E-state index contributed by atoms with van der Waals surface area (Å²) in [4.78, 5) is 0. The number of allylic oxidation sites excluding steroid dienone is 8. The summed E-state index contributed by atoms with van der Waals surface area (Å²) in [6.07, 6.45) is 18.3. The average Bonchev–Trinajstić information content (AvgIpc) is 3.67. The summed E-state index contributed by atoms with van der Waals surface area (Å²) in [6.45, 7) is 24.9. The molecule has 7 rings (SSSR count). The first-order chi connectivity index (χ1) is 22.1. The van der Waals surface area contributed by atoms with Crippen LogP contribution in [0.15, 0.2) is 78.4 Å². The first-order valence-corrected chi connectivity index (χ1v) is 19.0. The fourth-order valence-corrected chi connectivity index (χ4v) is 6.86. The molecule has 0 nitrogen and oxygen atoms in total. The van der Waals surface area contributed by atoms with Crippen molar-refractivity contribution in [2.75, 3.05) is 0 Å². The minimum atomic E-state index is 0. The van der Waals surface area contributed by atoms with E-state index in [2.05, 4.69) is 148 Å². The van der Waals surface area contributed by atoms with E-state index in [4.69, 9.17) is 0 Å². The molecule has 0 amide bonds. The van der Waals surface area contributed by atoms with Crippen molar-refractivity contribution >= 4 is 40.2 Å². The maximum Gasteiger partial charge on any atom is -0.358 e. The Labute approximate surface area is 334 Å². The fraction of sp³-hybridized carbons (Fsp3) is 0.383. The molecule has 0 fully saturated rings. The van der Waals surface area contributed by atoms with Crippen molar-refractivity contribution in [1.29, 1.82) is 0 Å². The van der Waals surface area contributed by atoms with Gasteiger partial charge in [0, 0.05) is 0 Å². The molecule has 4 aliphatic rings. The first kappa shape index (κ1) is 45.8. The molecule has 0 radical (unpaired) electrons. The summed E-state index contributed by atoms with van der Waals surface area (Å²) >= 11 is 1.30. The molecular weight excluding hydrogens is 727 g/mol. The van der Waals surface area contributed by atoms with Gasteiger partial charge in [-0.3, -0.25) is 6.08 Å². The van der Waals surface area contributed by atoms with Crippen molar-refractivity contribution in [1.82, 2.24) is 0 Å².